The zero-order valence-corrected chi connectivity index (χ0v) is 13.6. The first-order valence-corrected chi connectivity index (χ1v) is 9.04. The lowest BCUT2D eigenvalue weighted by Gasteiger charge is -2.17. The number of hydrogen-bond donors (Lipinski definition) is 3. The van der Waals surface area contributed by atoms with Crippen molar-refractivity contribution in [3.05, 3.63) is 18.2 Å². The Morgan fingerprint density at radius 1 is 1.29 bits per heavy atom. The van der Waals surface area contributed by atoms with Crippen LogP contribution in [0.3, 0.4) is 0 Å². The van der Waals surface area contributed by atoms with Gasteiger partial charge in [0.1, 0.15) is 0 Å². The lowest BCUT2D eigenvalue weighted by atomic mass is 10.0. The molecule has 0 unspecified atom stereocenters. The van der Waals surface area contributed by atoms with Gasteiger partial charge >= 0.3 is 0 Å². The summed E-state index contributed by atoms with van der Waals surface area (Å²) in [5.41, 5.74) is 7.63. The molecular formula is C15H25N3O2S. The minimum Gasteiger partial charge on any atom is -0.397 e. The largest absolute Gasteiger partial charge is 0.397 e. The first-order chi connectivity index (χ1) is 9.92. The maximum absolute atomic E-state index is 12.0. The molecule has 0 aromatic heterocycles. The maximum atomic E-state index is 12.0. The molecule has 1 aromatic carbocycles. The van der Waals surface area contributed by atoms with Crippen molar-refractivity contribution < 1.29 is 8.42 Å². The minimum absolute atomic E-state index is 0.251. The zero-order chi connectivity index (χ0) is 15.5. The van der Waals surface area contributed by atoms with Crippen LogP contribution in [-0.4, -0.2) is 21.5 Å². The van der Waals surface area contributed by atoms with Gasteiger partial charge in [0.25, 0.3) is 0 Å². The van der Waals surface area contributed by atoms with Gasteiger partial charge in [0.15, 0.2) is 0 Å². The van der Waals surface area contributed by atoms with Gasteiger partial charge in [0, 0.05) is 13.1 Å². The van der Waals surface area contributed by atoms with Crippen molar-refractivity contribution in [1.29, 1.82) is 0 Å². The van der Waals surface area contributed by atoms with Crippen molar-refractivity contribution in [2.24, 2.45) is 5.41 Å². The SMILES string of the molecule is CCCC1(CNc2cc(S(=O)(=O)NCC)ccc2N)CC1. The molecule has 0 aliphatic heterocycles. The number of rotatable bonds is 8. The van der Waals surface area contributed by atoms with Crippen LogP contribution in [0.15, 0.2) is 23.1 Å². The standard InChI is InChI=1S/C15H25N3O2S/c1-3-7-15(8-9-15)11-17-14-10-12(5-6-13(14)16)21(19,20)18-4-2/h5-6,10,17-18H,3-4,7-9,11,16H2,1-2H3. The van der Waals surface area contributed by atoms with Crippen LogP contribution >= 0.6 is 0 Å². The van der Waals surface area contributed by atoms with E-state index in [0.717, 1.165) is 6.54 Å². The fourth-order valence-electron chi connectivity index (χ4n) is 2.63. The number of hydrogen-bond acceptors (Lipinski definition) is 4. The minimum atomic E-state index is -3.44. The summed E-state index contributed by atoms with van der Waals surface area (Å²) in [5.74, 6) is 0. The van der Waals surface area contributed by atoms with Gasteiger partial charge in [-0.15, -0.1) is 0 Å². The molecule has 0 bridgehead atoms. The zero-order valence-electron chi connectivity index (χ0n) is 12.8. The first kappa shape index (κ1) is 16.1. The van der Waals surface area contributed by atoms with Gasteiger partial charge in [-0.05, 0) is 42.9 Å². The fraction of sp³-hybridized carbons (Fsp3) is 0.600. The van der Waals surface area contributed by atoms with E-state index >= 15 is 0 Å². The predicted octanol–water partition coefficient (Wildman–Crippen LogP) is 2.56. The third-order valence-electron chi connectivity index (χ3n) is 4.06. The van der Waals surface area contributed by atoms with E-state index in [1.165, 1.54) is 31.7 Å². The van der Waals surface area contributed by atoms with Crippen molar-refractivity contribution in [2.45, 2.75) is 44.4 Å². The van der Waals surface area contributed by atoms with Crippen LogP contribution in [0.4, 0.5) is 11.4 Å². The van der Waals surface area contributed by atoms with Crippen LogP contribution in [0, 0.1) is 5.41 Å². The van der Waals surface area contributed by atoms with E-state index in [4.69, 9.17) is 5.73 Å². The van der Waals surface area contributed by atoms with Crippen LogP contribution in [0.1, 0.15) is 39.5 Å². The van der Waals surface area contributed by atoms with E-state index < -0.39 is 10.0 Å². The van der Waals surface area contributed by atoms with Crippen LogP contribution in [0.5, 0.6) is 0 Å². The van der Waals surface area contributed by atoms with Crippen molar-refractivity contribution in [3.8, 4) is 0 Å². The number of nitrogens with two attached hydrogens (primary N) is 1. The quantitative estimate of drug-likeness (QED) is 0.644. The molecule has 0 heterocycles. The molecule has 0 saturated heterocycles. The number of benzene rings is 1. The van der Waals surface area contributed by atoms with Crippen molar-refractivity contribution in [3.63, 3.8) is 0 Å². The molecule has 1 saturated carbocycles. The molecule has 1 aromatic rings. The topological polar surface area (TPSA) is 84.2 Å². The number of sulfonamides is 1. The van der Waals surface area contributed by atoms with E-state index in [-0.39, 0.29) is 4.90 Å². The van der Waals surface area contributed by atoms with Gasteiger partial charge < -0.3 is 11.1 Å². The Bertz CT molecular complexity index is 595. The highest BCUT2D eigenvalue weighted by Gasteiger charge is 2.41. The van der Waals surface area contributed by atoms with Gasteiger partial charge in [-0.3, -0.25) is 0 Å². The normalized spacial score (nSPS) is 16.7. The van der Waals surface area contributed by atoms with E-state index in [1.807, 2.05) is 0 Å². The van der Waals surface area contributed by atoms with Gasteiger partial charge in [-0.25, -0.2) is 13.1 Å². The second-order valence-electron chi connectivity index (χ2n) is 5.85. The van der Waals surface area contributed by atoms with Crippen molar-refractivity contribution >= 4 is 21.4 Å². The van der Waals surface area contributed by atoms with Gasteiger partial charge in [0.2, 0.25) is 10.0 Å². The van der Waals surface area contributed by atoms with Crippen LogP contribution in [0.25, 0.3) is 0 Å². The molecule has 21 heavy (non-hydrogen) atoms. The number of nitrogen functional groups attached to an aromatic ring is 1. The van der Waals surface area contributed by atoms with Crippen molar-refractivity contribution in [1.82, 2.24) is 4.72 Å². The summed E-state index contributed by atoms with van der Waals surface area (Å²) in [7, 11) is -3.44. The lowest BCUT2D eigenvalue weighted by Crippen LogP contribution is -2.23. The Morgan fingerprint density at radius 2 is 2.00 bits per heavy atom. The number of nitrogens with one attached hydrogen (secondary N) is 2. The molecule has 1 aliphatic rings. The summed E-state index contributed by atoms with van der Waals surface area (Å²) in [6.45, 7) is 5.18. The summed E-state index contributed by atoms with van der Waals surface area (Å²) in [4.78, 5) is 0.251. The molecule has 6 heteroatoms. The van der Waals surface area contributed by atoms with Crippen LogP contribution in [0.2, 0.25) is 0 Å². The molecule has 4 N–H and O–H groups in total. The fourth-order valence-corrected chi connectivity index (χ4v) is 3.70. The number of anilines is 2. The highest BCUT2D eigenvalue weighted by molar-refractivity contribution is 7.89. The Kier molecular flexibility index (Phi) is 4.78. The Labute approximate surface area is 127 Å². The summed E-state index contributed by atoms with van der Waals surface area (Å²) in [5, 5.41) is 3.34. The molecule has 0 atom stereocenters. The molecule has 0 amide bonds. The van der Waals surface area contributed by atoms with E-state index in [2.05, 4.69) is 17.0 Å². The molecule has 1 fully saturated rings. The van der Waals surface area contributed by atoms with E-state index in [9.17, 15) is 8.42 Å². The average Bonchev–Trinajstić information content (AvgIpc) is 3.18. The molecule has 5 nitrogen and oxygen atoms in total. The summed E-state index contributed by atoms with van der Waals surface area (Å²) in [6, 6.07) is 4.80. The monoisotopic (exact) mass is 311 g/mol. The predicted molar refractivity (Wildman–Crippen MR) is 86.8 cm³/mol. The second-order valence-corrected chi connectivity index (χ2v) is 7.62. The third-order valence-corrected chi connectivity index (χ3v) is 5.60. The molecule has 1 aliphatic carbocycles. The lowest BCUT2D eigenvalue weighted by molar-refractivity contribution is 0.486. The van der Waals surface area contributed by atoms with Gasteiger partial charge in [-0.1, -0.05) is 20.3 Å². The summed E-state index contributed by atoms with van der Waals surface area (Å²) >= 11 is 0. The van der Waals surface area contributed by atoms with Gasteiger partial charge in [0.05, 0.1) is 16.3 Å². The van der Waals surface area contributed by atoms with Crippen LogP contribution < -0.4 is 15.8 Å². The third kappa shape index (κ3) is 3.89. The van der Waals surface area contributed by atoms with Gasteiger partial charge in [-0.2, -0.15) is 0 Å². The highest BCUT2D eigenvalue weighted by atomic mass is 32.2. The second kappa shape index (κ2) is 6.23. The van der Waals surface area contributed by atoms with Crippen molar-refractivity contribution in [2.75, 3.05) is 24.1 Å². The Balaban J connectivity index is 2.13. The van der Waals surface area contributed by atoms with E-state index in [0.29, 0.717) is 23.3 Å². The molecule has 0 spiro atoms. The van der Waals surface area contributed by atoms with E-state index in [1.54, 1.807) is 19.1 Å². The molecule has 0 radical (unpaired) electrons. The molecule has 118 valence electrons. The average molecular weight is 311 g/mol. The molecular weight excluding hydrogens is 286 g/mol. The maximum Gasteiger partial charge on any atom is 0.240 e. The smallest absolute Gasteiger partial charge is 0.240 e. The molecule has 2 rings (SSSR count). The van der Waals surface area contributed by atoms with Crippen LogP contribution in [-0.2, 0) is 10.0 Å². The summed E-state index contributed by atoms with van der Waals surface area (Å²) in [6.07, 6.45) is 4.85. The first-order valence-electron chi connectivity index (χ1n) is 7.55. The summed E-state index contributed by atoms with van der Waals surface area (Å²) < 4.78 is 26.6. The highest BCUT2D eigenvalue weighted by Crippen LogP contribution is 2.49. The Hall–Kier alpha value is -1.27. The Morgan fingerprint density at radius 3 is 2.57 bits per heavy atom.